The maximum Gasteiger partial charge on any atom is 0.321 e. The number of aliphatic hydroxyl groups excluding tert-OH is 1. The third kappa shape index (κ3) is 3.19. The Bertz CT molecular complexity index is 642. The van der Waals surface area contributed by atoms with E-state index < -0.39 is 0 Å². The number of hydrogen-bond acceptors (Lipinski definition) is 4. The van der Waals surface area contributed by atoms with Gasteiger partial charge in [-0.3, -0.25) is 9.72 Å². The second kappa shape index (κ2) is 6.74. The Balaban J connectivity index is 1.66. The Morgan fingerprint density at radius 1 is 1.27 bits per heavy atom. The summed E-state index contributed by atoms with van der Waals surface area (Å²) in [4.78, 5) is 12.2. The SMILES string of the molecule is O=C(Nc1nnc2ccccn12)NC1CCCCCC1CO. The van der Waals surface area contributed by atoms with Crippen LogP contribution in [0.25, 0.3) is 5.65 Å². The van der Waals surface area contributed by atoms with Gasteiger partial charge < -0.3 is 10.4 Å². The maximum absolute atomic E-state index is 12.2. The number of amides is 2. The van der Waals surface area contributed by atoms with Crippen molar-refractivity contribution < 1.29 is 9.90 Å². The van der Waals surface area contributed by atoms with Crippen LogP contribution >= 0.6 is 0 Å². The molecule has 22 heavy (non-hydrogen) atoms. The third-order valence-electron chi connectivity index (χ3n) is 4.25. The van der Waals surface area contributed by atoms with Crippen LogP contribution in [0.2, 0.25) is 0 Å². The number of pyridine rings is 1. The summed E-state index contributed by atoms with van der Waals surface area (Å²) >= 11 is 0. The molecular formula is C15H21N5O2. The molecule has 2 unspecified atom stereocenters. The van der Waals surface area contributed by atoms with Crippen molar-refractivity contribution in [3.05, 3.63) is 24.4 Å². The second-order valence-electron chi connectivity index (χ2n) is 5.74. The highest BCUT2D eigenvalue weighted by atomic mass is 16.3. The average molecular weight is 303 g/mol. The number of carbonyl (C=O) groups is 1. The van der Waals surface area contributed by atoms with Crippen molar-refractivity contribution in [3.8, 4) is 0 Å². The van der Waals surface area contributed by atoms with Crippen molar-refractivity contribution in [2.45, 2.75) is 38.1 Å². The quantitative estimate of drug-likeness (QED) is 0.754. The molecule has 0 saturated heterocycles. The lowest BCUT2D eigenvalue weighted by molar-refractivity contribution is 0.182. The molecule has 0 radical (unpaired) electrons. The van der Waals surface area contributed by atoms with Gasteiger partial charge in [0, 0.05) is 24.8 Å². The lowest BCUT2D eigenvalue weighted by Gasteiger charge is -2.24. The van der Waals surface area contributed by atoms with E-state index in [1.54, 1.807) is 10.6 Å². The molecule has 1 aliphatic rings. The number of anilines is 1. The number of rotatable bonds is 3. The normalized spacial score (nSPS) is 22.2. The fraction of sp³-hybridized carbons (Fsp3) is 0.533. The first-order valence-corrected chi connectivity index (χ1v) is 7.76. The van der Waals surface area contributed by atoms with Gasteiger partial charge in [0.25, 0.3) is 0 Å². The smallest absolute Gasteiger partial charge is 0.321 e. The molecule has 3 N–H and O–H groups in total. The van der Waals surface area contributed by atoms with Crippen LogP contribution < -0.4 is 10.6 Å². The molecule has 1 saturated carbocycles. The molecule has 2 amide bonds. The van der Waals surface area contributed by atoms with Crippen molar-refractivity contribution in [3.63, 3.8) is 0 Å². The molecule has 3 rings (SSSR count). The predicted octanol–water partition coefficient (Wildman–Crippen LogP) is 1.79. The molecule has 7 heteroatoms. The number of aliphatic hydroxyl groups is 1. The van der Waals surface area contributed by atoms with Gasteiger partial charge >= 0.3 is 6.03 Å². The topological polar surface area (TPSA) is 91.6 Å². The van der Waals surface area contributed by atoms with E-state index in [2.05, 4.69) is 20.8 Å². The molecule has 0 spiro atoms. The zero-order valence-electron chi connectivity index (χ0n) is 12.4. The van der Waals surface area contributed by atoms with Crippen molar-refractivity contribution in [2.24, 2.45) is 5.92 Å². The zero-order chi connectivity index (χ0) is 15.4. The standard InChI is InChI=1S/C15H21N5O2/c21-10-11-6-2-1-3-7-12(11)16-15(22)17-14-19-18-13-8-4-5-9-20(13)14/h4-5,8-9,11-12,21H,1-3,6-7,10H2,(H2,16,17,19,22). The average Bonchev–Trinajstić information content (AvgIpc) is 2.79. The lowest BCUT2D eigenvalue weighted by Crippen LogP contribution is -2.43. The van der Waals surface area contributed by atoms with Crippen LogP contribution in [-0.2, 0) is 0 Å². The second-order valence-corrected chi connectivity index (χ2v) is 5.74. The third-order valence-corrected chi connectivity index (χ3v) is 4.25. The first kappa shape index (κ1) is 14.8. The predicted molar refractivity (Wildman–Crippen MR) is 82.6 cm³/mol. The van der Waals surface area contributed by atoms with E-state index in [1.165, 1.54) is 0 Å². The minimum absolute atomic E-state index is 0.00619. The van der Waals surface area contributed by atoms with Crippen LogP contribution in [0.4, 0.5) is 10.7 Å². The molecular weight excluding hydrogens is 282 g/mol. The fourth-order valence-electron chi connectivity index (χ4n) is 3.03. The number of nitrogens with zero attached hydrogens (tertiary/aromatic N) is 3. The Morgan fingerprint density at radius 3 is 3.00 bits per heavy atom. The number of fused-ring (bicyclic) bond motifs is 1. The first-order chi connectivity index (χ1) is 10.8. The fourth-order valence-corrected chi connectivity index (χ4v) is 3.03. The van der Waals surface area contributed by atoms with Gasteiger partial charge in [-0.25, -0.2) is 4.79 Å². The Hall–Kier alpha value is -2.15. The summed E-state index contributed by atoms with van der Waals surface area (Å²) < 4.78 is 1.72. The van der Waals surface area contributed by atoms with Gasteiger partial charge in [-0.1, -0.05) is 25.3 Å². The molecule has 0 aliphatic heterocycles. The molecule has 1 aliphatic carbocycles. The number of urea groups is 1. The highest BCUT2D eigenvalue weighted by Gasteiger charge is 2.24. The van der Waals surface area contributed by atoms with Crippen LogP contribution in [0.3, 0.4) is 0 Å². The van der Waals surface area contributed by atoms with E-state index in [-0.39, 0.29) is 24.6 Å². The van der Waals surface area contributed by atoms with Gasteiger partial charge in [0.05, 0.1) is 0 Å². The van der Waals surface area contributed by atoms with E-state index in [0.717, 1.165) is 32.1 Å². The van der Waals surface area contributed by atoms with E-state index in [9.17, 15) is 9.90 Å². The van der Waals surface area contributed by atoms with E-state index in [0.29, 0.717) is 11.6 Å². The number of nitrogens with one attached hydrogen (secondary N) is 2. The van der Waals surface area contributed by atoms with Gasteiger partial charge in [0.2, 0.25) is 5.95 Å². The van der Waals surface area contributed by atoms with E-state index in [4.69, 9.17) is 0 Å². The van der Waals surface area contributed by atoms with E-state index >= 15 is 0 Å². The van der Waals surface area contributed by atoms with Crippen molar-refractivity contribution in [2.75, 3.05) is 11.9 Å². The summed E-state index contributed by atoms with van der Waals surface area (Å²) in [6.45, 7) is 0.110. The summed E-state index contributed by atoms with van der Waals surface area (Å²) in [5, 5.41) is 23.2. The lowest BCUT2D eigenvalue weighted by atomic mass is 9.96. The molecule has 118 valence electrons. The molecule has 2 atom stereocenters. The summed E-state index contributed by atoms with van der Waals surface area (Å²) in [5.41, 5.74) is 0.681. The largest absolute Gasteiger partial charge is 0.396 e. The van der Waals surface area contributed by atoms with Gasteiger partial charge in [-0.05, 0) is 25.0 Å². The minimum atomic E-state index is -0.302. The van der Waals surface area contributed by atoms with Crippen molar-refractivity contribution in [1.82, 2.24) is 19.9 Å². The van der Waals surface area contributed by atoms with Crippen molar-refractivity contribution >= 4 is 17.6 Å². The number of aromatic nitrogens is 3. The van der Waals surface area contributed by atoms with Crippen LogP contribution in [0.1, 0.15) is 32.1 Å². The highest BCUT2D eigenvalue weighted by Crippen LogP contribution is 2.23. The number of hydrogen-bond donors (Lipinski definition) is 3. The summed E-state index contributed by atoms with van der Waals surface area (Å²) in [6, 6.07) is 5.25. The van der Waals surface area contributed by atoms with Crippen LogP contribution in [-0.4, -0.2) is 38.4 Å². The summed E-state index contributed by atoms with van der Waals surface area (Å²) in [6.07, 6.45) is 7.00. The monoisotopic (exact) mass is 303 g/mol. The summed E-state index contributed by atoms with van der Waals surface area (Å²) in [7, 11) is 0. The maximum atomic E-state index is 12.2. The Kier molecular flexibility index (Phi) is 4.53. The number of carbonyl (C=O) groups excluding carboxylic acids is 1. The van der Waals surface area contributed by atoms with Gasteiger partial charge in [0.15, 0.2) is 5.65 Å². The van der Waals surface area contributed by atoms with Crippen molar-refractivity contribution in [1.29, 1.82) is 0 Å². The first-order valence-electron chi connectivity index (χ1n) is 7.76. The van der Waals surface area contributed by atoms with Crippen LogP contribution in [0.15, 0.2) is 24.4 Å². The summed E-state index contributed by atoms with van der Waals surface area (Å²) in [5.74, 6) is 0.519. The molecule has 1 fully saturated rings. The molecule has 0 bridgehead atoms. The zero-order valence-corrected chi connectivity index (χ0v) is 12.4. The molecule has 2 aromatic heterocycles. The minimum Gasteiger partial charge on any atom is -0.396 e. The van der Waals surface area contributed by atoms with Crippen LogP contribution in [0.5, 0.6) is 0 Å². The Labute approximate surface area is 128 Å². The molecule has 7 nitrogen and oxygen atoms in total. The molecule has 2 aromatic rings. The van der Waals surface area contributed by atoms with E-state index in [1.807, 2.05) is 18.2 Å². The van der Waals surface area contributed by atoms with Gasteiger partial charge in [-0.2, -0.15) is 0 Å². The van der Waals surface area contributed by atoms with Gasteiger partial charge in [-0.15, -0.1) is 10.2 Å². The van der Waals surface area contributed by atoms with Gasteiger partial charge in [0.1, 0.15) is 0 Å². The Morgan fingerprint density at radius 2 is 2.14 bits per heavy atom. The van der Waals surface area contributed by atoms with Crippen LogP contribution in [0, 0.1) is 5.92 Å². The molecule has 0 aromatic carbocycles. The molecule has 2 heterocycles. The highest BCUT2D eigenvalue weighted by molar-refractivity contribution is 5.88.